The van der Waals surface area contributed by atoms with Crippen LogP contribution < -0.4 is 10.6 Å². The van der Waals surface area contributed by atoms with Crippen LogP contribution in [0.3, 0.4) is 0 Å². The maximum absolute atomic E-state index is 5.39. The molecule has 0 amide bonds. The van der Waals surface area contributed by atoms with Gasteiger partial charge in [0.15, 0.2) is 5.96 Å². The molecule has 1 aliphatic rings. The summed E-state index contributed by atoms with van der Waals surface area (Å²) < 4.78 is 10.5. The van der Waals surface area contributed by atoms with E-state index in [0.717, 1.165) is 45.4 Å². The number of benzene rings is 1. The summed E-state index contributed by atoms with van der Waals surface area (Å²) in [5, 5.41) is 6.63. The number of guanidine groups is 1. The van der Waals surface area contributed by atoms with E-state index in [0.29, 0.717) is 6.61 Å². The van der Waals surface area contributed by atoms with Crippen LogP contribution in [0.2, 0.25) is 0 Å². The first kappa shape index (κ1) is 18.7. The van der Waals surface area contributed by atoms with E-state index in [4.69, 9.17) is 9.47 Å². The predicted molar refractivity (Wildman–Crippen MR) is 97.2 cm³/mol. The van der Waals surface area contributed by atoms with Crippen LogP contribution in [-0.4, -0.2) is 64.0 Å². The summed E-state index contributed by atoms with van der Waals surface area (Å²) in [6, 6.07) is 8.98. The summed E-state index contributed by atoms with van der Waals surface area (Å²) in [4.78, 5) is 6.67. The van der Waals surface area contributed by atoms with Crippen LogP contribution in [0.15, 0.2) is 29.3 Å². The zero-order chi connectivity index (χ0) is 17.2. The maximum atomic E-state index is 5.39. The van der Waals surface area contributed by atoms with Gasteiger partial charge in [-0.1, -0.05) is 24.3 Å². The highest BCUT2D eigenvalue weighted by atomic mass is 16.5. The third-order valence-electron chi connectivity index (χ3n) is 4.02. The van der Waals surface area contributed by atoms with E-state index in [1.165, 1.54) is 11.1 Å². The van der Waals surface area contributed by atoms with Gasteiger partial charge >= 0.3 is 0 Å². The summed E-state index contributed by atoms with van der Waals surface area (Å²) in [5.74, 6) is 0.789. The van der Waals surface area contributed by atoms with E-state index in [-0.39, 0.29) is 6.04 Å². The first-order valence-electron chi connectivity index (χ1n) is 8.55. The molecule has 0 bridgehead atoms. The summed E-state index contributed by atoms with van der Waals surface area (Å²) in [6.45, 7) is 8.18. The van der Waals surface area contributed by atoms with Gasteiger partial charge < -0.3 is 20.1 Å². The summed E-state index contributed by atoms with van der Waals surface area (Å²) >= 11 is 0. The van der Waals surface area contributed by atoms with Crippen LogP contribution in [0, 0.1) is 0 Å². The molecule has 1 unspecified atom stereocenters. The first-order chi connectivity index (χ1) is 11.7. The van der Waals surface area contributed by atoms with Gasteiger partial charge in [-0.3, -0.25) is 9.89 Å². The van der Waals surface area contributed by atoms with Crippen molar-refractivity contribution in [2.24, 2.45) is 4.99 Å². The highest BCUT2D eigenvalue weighted by molar-refractivity contribution is 5.79. The maximum Gasteiger partial charge on any atom is 0.191 e. The van der Waals surface area contributed by atoms with Crippen LogP contribution in [0.1, 0.15) is 18.1 Å². The van der Waals surface area contributed by atoms with Crippen molar-refractivity contribution in [1.82, 2.24) is 15.5 Å². The zero-order valence-electron chi connectivity index (χ0n) is 15.0. The molecule has 6 heteroatoms. The molecular formula is C18H30N4O2. The molecule has 1 aromatic carbocycles. The van der Waals surface area contributed by atoms with Crippen molar-refractivity contribution in [3.05, 3.63) is 35.4 Å². The normalized spacial score (nSPS) is 17.5. The molecule has 6 nitrogen and oxygen atoms in total. The van der Waals surface area contributed by atoms with E-state index >= 15 is 0 Å². The lowest BCUT2D eigenvalue weighted by atomic mass is 10.1. The number of morpholine rings is 1. The largest absolute Gasteiger partial charge is 0.383 e. The van der Waals surface area contributed by atoms with Gasteiger partial charge in [0.05, 0.1) is 19.8 Å². The van der Waals surface area contributed by atoms with E-state index < -0.39 is 0 Å². The van der Waals surface area contributed by atoms with Gasteiger partial charge in [0.25, 0.3) is 0 Å². The summed E-state index contributed by atoms with van der Waals surface area (Å²) in [5.41, 5.74) is 2.58. The second kappa shape index (κ2) is 10.3. The Labute approximate surface area is 145 Å². The molecule has 0 saturated carbocycles. The Hall–Kier alpha value is -1.63. The Balaban J connectivity index is 1.78. The fraction of sp³-hybridized carbons (Fsp3) is 0.611. The summed E-state index contributed by atoms with van der Waals surface area (Å²) in [6.07, 6.45) is 0. The fourth-order valence-electron chi connectivity index (χ4n) is 2.69. The molecule has 24 heavy (non-hydrogen) atoms. The predicted octanol–water partition coefficient (Wildman–Crippen LogP) is 1.22. The number of hydrogen-bond acceptors (Lipinski definition) is 4. The molecular weight excluding hydrogens is 304 g/mol. The fourth-order valence-corrected chi connectivity index (χ4v) is 2.69. The van der Waals surface area contributed by atoms with Crippen LogP contribution in [0.5, 0.6) is 0 Å². The molecule has 1 aromatic rings. The van der Waals surface area contributed by atoms with Gasteiger partial charge in [0.1, 0.15) is 0 Å². The lowest BCUT2D eigenvalue weighted by molar-refractivity contribution is 0.0342. The SMILES string of the molecule is CN=C(NCc1ccc(CN2CCOCC2)cc1)NC(C)COC. The number of ether oxygens (including phenoxy) is 2. The smallest absolute Gasteiger partial charge is 0.191 e. The molecule has 1 heterocycles. The first-order valence-corrected chi connectivity index (χ1v) is 8.55. The molecule has 0 aromatic heterocycles. The highest BCUT2D eigenvalue weighted by Crippen LogP contribution is 2.09. The molecule has 0 radical (unpaired) electrons. The number of rotatable bonds is 7. The molecule has 1 fully saturated rings. The van der Waals surface area contributed by atoms with E-state index in [1.54, 1.807) is 14.2 Å². The van der Waals surface area contributed by atoms with Crippen molar-refractivity contribution in [2.75, 3.05) is 47.1 Å². The van der Waals surface area contributed by atoms with Crippen LogP contribution in [0.25, 0.3) is 0 Å². The molecule has 2 rings (SSSR count). The van der Waals surface area contributed by atoms with E-state index in [2.05, 4.69) is 51.7 Å². The van der Waals surface area contributed by atoms with Crippen LogP contribution in [-0.2, 0) is 22.6 Å². The van der Waals surface area contributed by atoms with E-state index in [1.807, 2.05) is 0 Å². The third-order valence-corrected chi connectivity index (χ3v) is 4.02. The summed E-state index contributed by atoms with van der Waals surface area (Å²) in [7, 11) is 3.48. The van der Waals surface area contributed by atoms with Gasteiger partial charge in [-0.25, -0.2) is 0 Å². The average Bonchev–Trinajstić information content (AvgIpc) is 2.61. The highest BCUT2D eigenvalue weighted by Gasteiger charge is 2.10. The average molecular weight is 334 g/mol. The van der Waals surface area contributed by atoms with Gasteiger partial charge in [-0.15, -0.1) is 0 Å². The molecule has 1 aliphatic heterocycles. The number of nitrogens with zero attached hydrogens (tertiary/aromatic N) is 2. The molecule has 1 saturated heterocycles. The molecule has 0 spiro atoms. The lowest BCUT2D eigenvalue weighted by Gasteiger charge is -2.26. The monoisotopic (exact) mass is 334 g/mol. The van der Waals surface area contributed by atoms with Crippen molar-refractivity contribution < 1.29 is 9.47 Å². The van der Waals surface area contributed by atoms with Crippen molar-refractivity contribution in [3.8, 4) is 0 Å². The van der Waals surface area contributed by atoms with E-state index in [9.17, 15) is 0 Å². The molecule has 134 valence electrons. The zero-order valence-corrected chi connectivity index (χ0v) is 15.0. The standard InChI is InChI=1S/C18H30N4O2/c1-15(14-23-3)21-18(19-2)20-12-16-4-6-17(7-5-16)13-22-8-10-24-11-9-22/h4-7,15H,8-14H2,1-3H3,(H2,19,20,21). The number of nitrogens with one attached hydrogen (secondary N) is 2. The van der Waals surface area contributed by atoms with Crippen molar-refractivity contribution in [3.63, 3.8) is 0 Å². The van der Waals surface area contributed by atoms with Crippen LogP contribution >= 0.6 is 0 Å². The Morgan fingerprint density at radius 2 is 1.92 bits per heavy atom. The number of methoxy groups -OCH3 is 1. The Morgan fingerprint density at radius 3 is 2.54 bits per heavy atom. The molecule has 2 N–H and O–H groups in total. The van der Waals surface area contributed by atoms with Gasteiger partial charge in [0, 0.05) is 46.4 Å². The van der Waals surface area contributed by atoms with Gasteiger partial charge in [-0.2, -0.15) is 0 Å². The van der Waals surface area contributed by atoms with Gasteiger partial charge in [0.2, 0.25) is 0 Å². The van der Waals surface area contributed by atoms with Crippen molar-refractivity contribution in [1.29, 1.82) is 0 Å². The second-order valence-electron chi connectivity index (χ2n) is 6.13. The second-order valence-corrected chi connectivity index (χ2v) is 6.13. The van der Waals surface area contributed by atoms with Gasteiger partial charge in [-0.05, 0) is 18.1 Å². The Morgan fingerprint density at radius 1 is 1.25 bits per heavy atom. The van der Waals surface area contributed by atoms with Crippen molar-refractivity contribution >= 4 is 5.96 Å². The Bertz CT molecular complexity index is 498. The minimum Gasteiger partial charge on any atom is -0.383 e. The third kappa shape index (κ3) is 6.47. The quantitative estimate of drug-likeness (QED) is 0.580. The Kier molecular flexibility index (Phi) is 8.01. The minimum absolute atomic E-state index is 0.220. The molecule has 1 atom stereocenters. The van der Waals surface area contributed by atoms with Crippen molar-refractivity contribution in [2.45, 2.75) is 26.1 Å². The molecule has 0 aliphatic carbocycles. The topological polar surface area (TPSA) is 58.1 Å². The number of aliphatic imine (C=N–C) groups is 1. The lowest BCUT2D eigenvalue weighted by Crippen LogP contribution is -2.43. The minimum atomic E-state index is 0.220. The van der Waals surface area contributed by atoms with Crippen LogP contribution in [0.4, 0.5) is 0 Å². The number of hydrogen-bond donors (Lipinski definition) is 2.